The highest BCUT2D eigenvalue weighted by atomic mass is 16.6. The van der Waals surface area contributed by atoms with Gasteiger partial charge in [-0.1, -0.05) is 0 Å². The van der Waals surface area contributed by atoms with E-state index < -0.39 is 5.60 Å². The van der Waals surface area contributed by atoms with Gasteiger partial charge in [0.25, 0.3) is 0 Å². The van der Waals surface area contributed by atoms with Gasteiger partial charge in [0.2, 0.25) is 0 Å². The molecule has 0 N–H and O–H groups in total. The molecule has 0 aromatic rings. The predicted octanol–water partition coefficient (Wildman–Crippen LogP) is 2.72. The number of nitrogens with zero attached hydrogens (tertiary/aromatic N) is 2. The monoisotopic (exact) mass is 288 g/mol. The van der Waals surface area contributed by atoms with Crippen molar-refractivity contribution in [2.24, 2.45) is 0 Å². The smallest absolute Gasteiger partial charge is 0.410 e. The van der Waals surface area contributed by atoms with E-state index in [0.717, 1.165) is 0 Å². The summed E-state index contributed by atoms with van der Waals surface area (Å²) in [5.41, 5.74) is -0.518. The maximum Gasteiger partial charge on any atom is 0.410 e. The number of amides is 2. The van der Waals surface area contributed by atoms with Gasteiger partial charge < -0.3 is 19.3 Å². The lowest BCUT2D eigenvalue weighted by atomic mass is 10.2. The first-order chi connectivity index (χ1) is 9.25. The summed E-state index contributed by atoms with van der Waals surface area (Å²) in [7, 11) is 0. The molecule has 0 saturated carbocycles. The Morgan fingerprint density at radius 2 is 1.35 bits per heavy atom. The van der Waals surface area contributed by atoms with Crippen molar-refractivity contribution in [2.75, 3.05) is 32.8 Å². The van der Waals surface area contributed by atoms with E-state index in [1.807, 2.05) is 34.6 Å². The van der Waals surface area contributed by atoms with Crippen LogP contribution in [0.3, 0.4) is 0 Å². The van der Waals surface area contributed by atoms with E-state index in [1.54, 1.807) is 16.7 Å². The second kappa shape index (κ2) is 8.66. The molecular weight excluding hydrogens is 260 g/mol. The Labute approximate surface area is 122 Å². The zero-order valence-electron chi connectivity index (χ0n) is 13.6. The highest BCUT2D eigenvalue weighted by Gasteiger charge is 2.22. The van der Waals surface area contributed by atoms with E-state index in [1.165, 1.54) is 0 Å². The van der Waals surface area contributed by atoms with Gasteiger partial charge in [-0.05, 0) is 41.5 Å². The van der Waals surface area contributed by atoms with E-state index in [4.69, 9.17) is 9.47 Å². The third kappa shape index (κ3) is 7.21. The predicted molar refractivity (Wildman–Crippen MR) is 77.8 cm³/mol. The van der Waals surface area contributed by atoms with Crippen LogP contribution >= 0.6 is 0 Å². The van der Waals surface area contributed by atoms with Gasteiger partial charge in [0, 0.05) is 26.2 Å². The molecule has 0 heterocycles. The van der Waals surface area contributed by atoms with Crippen LogP contribution in [0.5, 0.6) is 0 Å². The average Bonchev–Trinajstić information content (AvgIpc) is 2.32. The minimum atomic E-state index is -0.518. The van der Waals surface area contributed by atoms with Crippen LogP contribution in [0.15, 0.2) is 0 Å². The fourth-order valence-electron chi connectivity index (χ4n) is 1.54. The maximum atomic E-state index is 12.0. The Morgan fingerprint density at radius 3 is 1.70 bits per heavy atom. The molecule has 0 spiro atoms. The van der Waals surface area contributed by atoms with Crippen molar-refractivity contribution >= 4 is 12.2 Å². The summed E-state index contributed by atoms with van der Waals surface area (Å²) in [6.45, 7) is 13.3. The van der Waals surface area contributed by atoms with Crippen molar-refractivity contribution in [3.05, 3.63) is 0 Å². The zero-order valence-corrected chi connectivity index (χ0v) is 13.6. The number of carbonyl (C=O) groups is 2. The van der Waals surface area contributed by atoms with Crippen LogP contribution in [0.4, 0.5) is 9.59 Å². The zero-order chi connectivity index (χ0) is 15.8. The van der Waals surface area contributed by atoms with Gasteiger partial charge in [-0.2, -0.15) is 0 Å². The topological polar surface area (TPSA) is 59.1 Å². The largest absolute Gasteiger partial charge is 0.450 e. The third-order valence-corrected chi connectivity index (χ3v) is 2.58. The van der Waals surface area contributed by atoms with Crippen LogP contribution < -0.4 is 0 Å². The number of hydrogen-bond donors (Lipinski definition) is 0. The van der Waals surface area contributed by atoms with Crippen molar-refractivity contribution in [3.63, 3.8) is 0 Å². The summed E-state index contributed by atoms with van der Waals surface area (Å²) in [5.74, 6) is 0. The number of rotatable bonds is 6. The number of carbonyl (C=O) groups excluding carboxylic acids is 2. The molecule has 0 rings (SSSR count). The van der Waals surface area contributed by atoms with Gasteiger partial charge in [0.1, 0.15) is 5.60 Å². The van der Waals surface area contributed by atoms with Gasteiger partial charge in [-0.15, -0.1) is 0 Å². The first kappa shape index (κ1) is 18.5. The van der Waals surface area contributed by atoms with Crippen LogP contribution in [-0.4, -0.2) is 60.4 Å². The fraction of sp³-hybridized carbons (Fsp3) is 0.857. The van der Waals surface area contributed by atoms with E-state index in [9.17, 15) is 9.59 Å². The van der Waals surface area contributed by atoms with Gasteiger partial charge in [-0.3, -0.25) is 0 Å². The molecule has 2 amide bonds. The lowest BCUT2D eigenvalue weighted by molar-refractivity contribution is 0.0238. The van der Waals surface area contributed by atoms with Crippen LogP contribution in [0.2, 0.25) is 0 Å². The molecule has 0 bridgehead atoms. The highest BCUT2D eigenvalue weighted by molar-refractivity contribution is 5.69. The summed E-state index contributed by atoms with van der Waals surface area (Å²) >= 11 is 0. The van der Waals surface area contributed by atoms with Gasteiger partial charge in [0.15, 0.2) is 0 Å². The van der Waals surface area contributed by atoms with Crippen LogP contribution in [0, 0.1) is 0 Å². The lowest BCUT2D eigenvalue weighted by Gasteiger charge is -2.28. The third-order valence-electron chi connectivity index (χ3n) is 2.58. The quantitative estimate of drug-likeness (QED) is 0.754. The molecule has 6 heteroatoms. The van der Waals surface area contributed by atoms with Gasteiger partial charge in [0.05, 0.1) is 6.61 Å². The molecule has 0 aliphatic heterocycles. The normalized spacial score (nSPS) is 10.9. The van der Waals surface area contributed by atoms with Gasteiger partial charge in [-0.25, -0.2) is 9.59 Å². The van der Waals surface area contributed by atoms with Crippen LogP contribution in [0.25, 0.3) is 0 Å². The second-order valence-electron chi connectivity index (χ2n) is 5.34. The van der Waals surface area contributed by atoms with Crippen LogP contribution in [0.1, 0.15) is 41.5 Å². The van der Waals surface area contributed by atoms with Crippen molar-refractivity contribution < 1.29 is 19.1 Å². The van der Waals surface area contributed by atoms with E-state index in [0.29, 0.717) is 32.8 Å². The van der Waals surface area contributed by atoms with Crippen molar-refractivity contribution in [3.8, 4) is 0 Å². The molecule has 0 aromatic heterocycles. The minimum Gasteiger partial charge on any atom is -0.450 e. The van der Waals surface area contributed by atoms with E-state index in [2.05, 4.69) is 0 Å². The Hall–Kier alpha value is -1.46. The molecule has 6 nitrogen and oxygen atoms in total. The number of likely N-dealkylation sites (N-methyl/N-ethyl adjacent to an activating group) is 2. The summed E-state index contributed by atoms with van der Waals surface area (Å²) in [6.07, 6.45) is -0.713. The summed E-state index contributed by atoms with van der Waals surface area (Å²) in [5, 5.41) is 0. The first-order valence-electron chi connectivity index (χ1n) is 7.14. The second-order valence-corrected chi connectivity index (χ2v) is 5.34. The Bertz CT molecular complexity index is 313. The van der Waals surface area contributed by atoms with Gasteiger partial charge >= 0.3 is 12.2 Å². The van der Waals surface area contributed by atoms with Crippen molar-refractivity contribution in [1.82, 2.24) is 9.80 Å². The SMILES string of the molecule is CCOC(=O)N(CC)CCN(CC)C(=O)OC(C)(C)C. The van der Waals surface area contributed by atoms with E-state index >= 15 is 0 Å². The lowest BCUT2D eigenvalue weighted by Crippen LogP contribution is -2.43. The summed E-state index contributed by atoms with van der Waals surface area (Å²) in [6, 6.07) is 0. The molecule has 118 valence electrons. The molecule has 0 aliphatic rings. The Balaban J connectivity index is 4.42. The maximum absolute atomic E-state index is 12.0. The Morgan fingerprint density at radius 1 is 0.900 bits per heavy atom. The summed E-state index contributed by atoms with van der Waals surface area (Å²) in [4.78, 5) is 26.7. The number of hydrogen-bond acceptors (Lipinski definition) is 4. The average molecular weight is 288 g/mol. The molecule has 0 aliphatic carbocycles. The molecule has 0 saturated heterocycles. The van der Waals surface area contributed by atoms with Crippen molar-refractivity contribution in [2.45, 2.75) is 47.1 Å². The molecule has 0 unspecified atom stereocenters. The summed E-state index contributed by atoms with van der Waals surface area (Å²) < 4.78 is 10.3. The molecular formula is C14H28N2O4. The highest BCUT2D eigenvalue weighted by Crippen LogP contribution is 2.10. The molecule has 0 radical (unpaired) electrons. The van der Waals surface area contributed by atoms with Crippen molar-refractivity contribution in [1.29, 1.82) is 0 Å². The molecule has 0 atom stereocenters. The molecule has 0 fully saturated rings. The first-order valence-corrected chi connectivity index (χ1v) is 7.14. The fourth-order valence-corrected chi connectivity index (χ4v) is 1.54. The molecule has 20 heavy (non-hydrogen) atoms. The minimum absolute atomic E-state index is 0.346. The standard InChI is InChI=1S/C14H28N2O4/c1-7-15(12(17)19-9-3)10-11-16(8-2)13(18)20-14(4,5)6/h7-11H2,1-6H3. The van der Waals surface area contributed by atoms with E-state index in [-0.39, 0.29) is 12.2 Å². The van der Waals surface area contributed by atoms with Crippen LogP contribution in [-0.2, 0) is 9.47 Å². The Kier molecular flexibility index (Phi) is 8.03. The molecule has 0 aromatic carbocycles. The number of ether oxygens (including phenoxy) is 2.